The number of carbonyl (C=O) groups excluding carboxylic acids is 4. The van der Waals surface area contributed by atoms with Gasteiger partial charge < -0.3 is 24.3 Å². The first kappa shape index (κ1) is 46.6. The van der Waals surface area contributed by atoms with Crippen LogP contribution in [-0.4, -0.2) is 102 Å². The Morgan fingerprint density at radius 2 is 1.86 bits per heavy atom. The molecular weight excluding hydrogens is 797 g/mol. The van der Waals surface area contributed by atoms with Crippen LogP contribution < -0.4 is 10.7 Å². The number of nitrogens with zero attached hydrogens (tertiary/aromatic N) is 6. The Kier molecular flexibility index (Phi) is 15.5. The zero-order valence-electron chi connectivity index (χ0n) is 38.0. The molecule has 1 saturated heterocycles. The molecule has 0 unspecified atom stereocenters. The number of aliphatic imine (C=N–C) groups is 2. The van der Waals surface area contributed by atoms with Gasteiger partial charge in [0.1, 0.15) is 17.8 Å². The number of allylic oxidation sites excluding steroid dienone is 1. The van der Waals surface area contributed by atoms with E-state index in [-0.39, 0.29) is 37.6 Å². The van der Waals surface area contributed by atoms with Gasteiger partial charge in [0.05, 0.1) is 31.5 Å². The zero-order valence-corrected chi connectivity index (χ0v) is 38.0. The Labute approximate surface area is 370 Å². The van der Waals surface area contributed by atoms with Crippen LogP contribution in [0.2, 0.25) is 0 Å². The van der Waals surface area contributed by atoms with Gasteiger partial charge in [0.15, 0.2) is 0 Å². The first-order valence-corrected chi connectivity index (χ1v) is 22.0. The van der Waals surface area contributed by atoms with Crippen molar-refractivity contribution in [2.24, 2.45) is 15.4 Å². The number of pyridine rings is 1. The summed E-state index contributed by atoms with van der Waals surface area (Å²) in [5.41, 5.74) is 11.4. The molecule has 0 aliphatic carbocycles. The molecule has 2 aliphatic rings. The normalized spacial score (nSPS) is 17.6. The molecule has 2 aromatic carbocycles. The van der Waals surface area contributed by atoms with Crippen molar-refractivity contribution < 1.29 is 28.7 Å². The highest BCUT2D eigenvalue weighted by atomic mass is 16.5. The number of fused-ring (bicyclic) bond motifs is 6. The topological polar surface area (TPSA) is 160 Å². The van der Waals surface area contributed by atoms with Crippen LogP contribution in [0.5, 0.6) is 0 Å². The Balaban J connectivity index is 1.42. The van der Waals surface area contributed by atoms with E-state index in [2.05, 4.69) is 87.4 Å². The van der Waals surface area contributed by atoms with Crippen LogP contribution in [0.4, 0.5) is 0 Å². The summed E-state index contributed by atoms with van der Waals surface area (Å²) in [6.07, 6.45) is 6.39. The first-order chi connectivity index (χ1) is 30.3. The van der Waals surface area contributed by atoms with Crippen molar-refractivity contribution in [3.8, 4) is 22.4 Å². The second-order valence-electron chi connectivity index (χ2n) is 17.4. The lowest BCUT2D eigenvalue weighted by molar-refractivity contribution is -0.155. The van der Waals surface area contributed by atoms with E-state index in [1.807, 2.05) is 31.3 Å². The summed E-state index contributed by atoms with van der Waals surface area (Å²) in [5.74, 6) is -1.73. The van der Waals surface area contributed by atoms with Crippen molar-refractivity contribution in [1.29, 1.82) is 0 Å². The molecule has 1 fully saturated rings. The van der Waals surface area contributed by atoms with E-state index in [1.54, 1.807) is 34.2 Å². The van der Waals surface area contributed by atoms with Gasteiger partial charge in [-0.05, 0) is 98.0 Å². The van der Waals surface area contributed by atoms with Crippen molar-refractivity contribution in [1.82, 2.24) is 30.2 Å². The minimum Gasteiger partial charge on any atom is -0.464 e. The van der Waals surface area contributed by atoms with E-state index in [0.29, 0.717) is 51.1 Å². The lowest BCUT2D eigenvalue weighted by Gasteiger charge is -2.36. The number of ether oxygens (including phenoxy) is 2. The molecule has 6 bridgehead atoms. The second kappa shape index (κ2) is 20.9. The summed E-state index contributed by atoms with van der Waals surface area (Å²) >= 11 is 0. The van der Waals surface area contributed by atoms with E-state index >= 15 is 0 Å². The number of hydrogen-bond acceptors (Lipinski definition) is 10. The number of methoxy groups -OCH3 is 1. The van der Waals surface area contributed by atoms with Gasteiger partial charge >= 0.3 is 5.97 Å². The number of nitrogens with one attached hydrogen (secondary N) is 2. The van der Waals surface area contributed by atoms with E-state index in [0.717, 1.165) is 56.4 Å². The third-order valence-corrected chi connectivity index (χ3v) is 11.6. The molecule has 14 heteroatoms. The number of hydrogen-bond donors (Lipinski definition) is 2. The van der Waals surface area contributed by atoms with Crippen LogP contribution in [0.3, 0.4) is 0 Å². The first-order valence-electron chi connectivity index (χ1n) is 22.0. The summed E-state index contributed by atoms with van der Waals surface area (Å²) in [5, 5.41) is 5.50. The Bertz CT molecular complexity index is 2420. The molecule has 63 heavy (non-hydrogen) atoms. The number of benzene rings is 2. The minimum absolute atomic E-state index is 0.0484. The number of rotatable bonds is 12. The number of carbonyl (C=O) groups is 4. The van der Waals surface area contributed by atoms with Gasteiger partial charge in [-0.3, -0.25) is 29.2 Å². The van der Waals surface area contributed by atoms with Crippen molar-refractivity contribution in [2.75, 3.05) is 40.4 Å². The van der Waals surface area contributed by atoms with Gasteiger partial charge in [-0.1, -0.05) is 51.1 Å². The third-order valence-electron chi connectivity index (χ3n) is 11.6. The highest BCUT2D eigenvalue weighted by molar-refractivity contribution is 6.00. The molecular formula is C49H62N8O6. The van der Waals surface area contributed by atoms with Crippen LogP contribution in [0.25, 0.3) is 33.3 Å². The maximum absolute atomic E-state index is 14.6. The molecule has 2 aliphatic heterocycles. The van der Waals surface area contributed by atoms with Gasteiger partial charge in [0.2, 0.25) is 5.91 Å². The lowest BCUT2D eigenvalue weighted by atomic mass is 9.84. The molecule has 6 rings (SSSR count). The predicted molar refractivity (Wildman–Crippen MR) is 245 cm³/mol. The molecule has 14 nitrogen and oxygen atoms in total. The van der Waals surface area contributed by atoms with Gasteiger partial charge in [-0.15, -0.1) is 0 Å². The summed E-state index contributed by atoms with van der Waals surface area (Å²) in [7, 11) is 3.24. The number of aryl methyl sites for hydroxylation is 1. The Morgan fingerprint density at radius 1 is 1.08 bits per heavy atom. The fourth-order valence-corrected chi connectivity index (χ4v) is 8.50. The molecule has 2 aromatic heterocycles. The standard InChI is InChI=1S/C49H62N8O6/c1-9-20-51-31-52-22-19-43(58)55(7)44(32(3)4)46(59)53-41-25-33-13-11-14-34(24-33)35-16-17-42-37(26-35)38(45(56(42)10-2)39-28-50-21-18-36(39)29-62-8)27-49(5,6)30-63-48(61)40-15-12-23-57(54-40)47(41)60/h11,13-14,16-18,21,24,26,28,40-41,54H,9-10,12,15,19-20,22-23,25,27,29-30H2,1-8H3,(H,53,59)/t40-,41-/m0/s1. The Morgan fingerprint density at radius 3 is 2.60 bits per heavy atom. The monoisotopic (exact) mass is 858 g/mol. The van der Waals surface area contributed by atoms with Gasteiger partial charge in [-0.2, -0.15) is 0 Å². The van der Waals surface area contributed by atoms with Gasteiger partial charge in [-0.25, -0.2) is 15.4 Å². The number of cyclic esters (lactones) is 1. The van der Waals surface area contributed by atoms with Crippen molar-refractivity contribution in [3.05, 3.63) is 88.9 Å². The molecule has 0 radical (unpaired) electrons. The number of esters is 1. The quantitative estimate of drug-likeness (QED) is 0.0884. The number of likely N-dealkylation sites (N-methyl/N-ethyl adjacent to an activating group) is 1. The van der Waals surface area contributed by atoms with Crippen LogP contribution in [0.1, 0.15) is 83.9 Å². The van der Waals surface area contributed by atoms with Crippen molar-refractivity contribution >= 4 is 40.6 Å². The van der Waals surface area contributed by atoms with Crippen LogP contribution >= 0.6 is 0 Å². The minimum atomic E-state index is -1.05. The molecule has 3 amide bonds. The molecule has 334 valence electrons. The molecule has 4 heterocycles. The summed E-state index contributed by atoms with van der Waals surface area (Å²) in [6, 6.07) is 17.3. The highest BCUT2D eigenvalue weighted by Gasteiger charge is 2.36. The van der Waals surface area contributed by atoms with E-state index in [9.17, 15) is 19.2 Å². The van der Waals surface area contributed by atoms with Crippen LogP contribution in [0.15, 0.2) is 82.2 Å². The summed E-state index contributed by atoms with van der Waals surface area (Å²) < 4.78 is 14.1. The molecule has 4 aromatic rings. The van der Waals surface area contributed by atoms with E-state index in [4.69, 9.17) is 9.47 Å². The maximum Gasteiger partial charge on any atom is 0.324 e. The van der Waals surface area contributed by atoms with E-state index < -0.39 is 35.3 Å². The largest absolute Gasteiger partial charge is 0.464 e. The average Bonchev–Trinajstić information content (AvgIpc) is 3.57. The molecule has 2 N–H and O–H groups in total. The highest BCUT2D eigenvalue weighted by Crippen LogP contribution is 2.41. The van der Waals surface area contributed by atoms with Gasteiger partial charge in [0.25, 0.3) is 11.8 Å². The Hall–Kier alpha value is -5.95. The van der Waals surface area contributed by atoms with E-state index in [1.165, 1.54) is 9.91 Å². The number of amides is 3. The third kappa shape index (κ3) is 11.0. The number of hydrazine groups is 1. The predicted octanol–water partition coefficient (Wildman–Crippen LogP) is 6.91. The molecule has 0 spiro atoms. The van der Waals surface area contributed by atoms with Gasteiger partial charge in [0, 0.05) is 80.9 Å². The summed E-state index contributed by atoms with van der Waals surface area (Å²) in [6.45, 7) is 14.2. The van der Waals surface area contributed by atoms with Crippen LogP contribution in [-0.2, 0) is 54.6 Å². The van der Waals surface area contributed by atoms with Crippen molar-refractivity contribution in [3.63, 3.8) is 0 Å². The fraction of sp³-hybridized carbons (Fsp3) is 0.469. The maximum atomic E-state index is 14.6. The second-order valence-corrected chi connectivity index (χ2v) is 17.4. The zero-order chi connectivity index (χ0) is 45.3. The van der Waals surface area contributed by atoms with Crippen molar-refractivity contribution in [2.45, 2.75) is 105 Å². The molecule has 2 atom stereocenters. The van der Waals surface area contributed by atoms with Crippen LogP contribution in [0, 0.1) is 5.41 Å². The lowest BCUT2D eigenvalue weighted by Crippen LogP contribution is -2.60. The summed E-state index contributed by atoms with van der Waals surface area (Å²) in [4.78, 5) is 70.0. The SMILES string of the molecule is CCCN=C=NCCC(=O)N(C)C(C(=O)N[C@H]1Cc2cccc(c2)-c2ccc3c(c2)c(c(-c2cnccc2COC)n3CC)CC(C)(C)COC(=O)[C@@H]2CCCN(N2)C1=O)=C(C)C. The average molecular weight is 859 g/mol. The smallest absolute Gasteiger partial charge is 0.324 e. The fourth-order valence-electron chi connectivity index (χ4n) is 8.50. The number of aromatic nitrogens is 2. The molecule has 0 saturated carbocycles.